The summed E-state index contributed by atoms with van der Waals surface area (Å²) in [6, 6.07) is 8.96. The van der Waals surface area contributed by atoms with Gasteiger partial charge in [0.2, 0.25) is 0 Å². The van der Waals surface area contributed by atoms with E-state index in [-0.39, 0.29) is 0 Å². The number of nitrogens with one attached hydrogen (secondary N) is 1. The molecule has 1 aromatic carbocycles. The fourth-order valence-corrected chi connectivity index (χ4v) is 2.65. The van der Waals surface area contributed by atoms with Crippen molar-refractivity contribution in [2.75, 3.05) is 17.6 Å². The van der Waals surface area contributed by atoms with Crippen LogP contribution in [0.15, 0.2) is 28.7 Å². The Balaban J connectivity index is 0.000000396. The van der Waals surface area contributed by atoms with Gasteiger partial charge in [0.15, 0.2) is 5.58 Å². The molecular weight excluding hydrogens is 298 g/mol. The van der Waals surface area contributed by atoms with Crippen molar-refractivity contribution < 1.29 is 8.97 Å². The Morgan fingerprint density at radius 2 is 2.00 bits per heavy atom. The first kappa shape index (κ1) is 17.1. The monoisotopic (exact) mass is 323 g/mol. The van der Waals surface area contributed by atoms with Gasteiger partial charge in [0.1, 0.15) is 5.52 Å². The summed E-state index contributed by atoms with van der Waals surface area (Å²) in [5.74, 6) is 1.49. The lowest BCUT2D eigenvalue weighted by molar-refractivity contribution is 0.341. The van der Waals surface area contributed by atoms with Gasteiger partial charge in [0, 0.05) is 11.8 Å². The Hall–Kier alpha value is -1.24. The van der Waals surface area contributed by atoms with E-state index >= 15 is 0 Å². The van der Waals surface area contributed by atoms with E-state index in [1.807, 2.05) is 31.2 Å². The van der Waals surface area contributed by atoms with Crippen LogP contribution in [0.1, 0.15) is 32.6 Å². The number of nitrogens with zero attached hydrogens (tertiary/aromatic N) is 1. The second-order valence-electron chi connectivity index (χ2n) is 5.50. The van der Waals surface area contributed by atoms with Crippen molar-refractivity contribution in [2.45, 2.75) is 38.6 Å². The summed E-state index contributed by atoms with van der Waals surface area (Å²) in [7, 11) is 0. The normalized spacial score (nSPS) is 21.2. The van der Waals surface area contributed by atoms with Crippen LogP contribution >= 0.6 is 12.0 Å². The van der Waals surface area contributed by atoms with Gasteiger partial charge in [0.25, 0.3) is 6.01 Å². The third kappa shape index (κ3) is 4.90. The number of nitrogens with two attached hydrogens (primary N) is 1. The molecule has 0 radical (unpaired) electrons. The highest BCUT2D eigenvalue weighted by atomic mass is 32.2. The molecule has 0 aliphatic heterocycles. The van der Waals surface area contributed by atoms with Crippen LogP contribution in [-0.4, -0.2) is 27.9 Å². The smallest absolute Gasteiger partial charge is 0.295 e. The fraction of sp³-hybridized carbons (Fsp3) is 0.562. The van der Waals surface area contributed by atoms with E-state index in [0.717, 1.165) is 48.3 Å². The van der Waals surface area contributed by atoms with Crippen molar-refractivity contribution in [3.05, 3.63) is 24.3 Å². The molecule has 0 atom stereocenters. The standard InChI is InChI=1S/C14H19N3O.C2H6OS/c15-9-10-5-7-11(8-6-10)16-14-17-12-3-1-2-4-13(12)18-14;1-2-4-3/h1-4,10-11H,5-9,15H2,(H,16,17);3H,2H2,1H3. The maximum Gasteiger partial charge on any atom is 0.295 e. The Morgan fingerprint density at radius 1 is 1.32 bits per heavy atom. The summed E-state index contributed by atoms with van der Waals surface area (Å²) in [5, 5.41) is 3.40. The van der Waals surface area contributed by atoms with Crippen LogP contribution in [0.4, 0.5) is 6.01 Å². The molecule has 1 aliphatic rings. The molecule has 0 spiro atoms. The predicted octanol–water partition coefficient (Wildman–Crippen LogP) is 3.97. The van der Waals surface area contributed by atoms with Crippen molar-refractivity contribution in [2.24, 2.45) is 11.7 Å². The molecule has 1 aromatic heterocycles. The van der Waals surface area contributed by atoms with E-state index in [9.17, 15) is 0 Å². The quantitative estimate of drug-likeness (QED) is 0.738. The molecule has 4 N–H and O–H groups in total. The Labute approximate surface area is 135 Å². The van der Waals surface area contributed by atoms with E-state index in [4.69, 9.17) is 14.7 Å². The summed E-state index contributed by atoms with van der Waals surface area (Å²) in [6.45, 7) is 2.71. The number of rotatable bonds is 4. The summed E-state index contributed by atoms with van der Waals surface area (Å²) in [5.41, 5.74) is 7.46. The molecule has 122 valence electrons. The summed E-state index contributed by atoms with van der Waals surface area (Å²) < 4.78 is 13.5. The van der Waals surface area contributed by atoms with E-state index in [2.05, 4.69) is 10.3 Å². The maximum atomic E-state index is 7.79. The van der Waals surface area contributed by atoms with Crippen molar-refractivity contribution in [3.8, 4) is 0 Å². The SMILES string of the molecule is CCSO.NCC1CCC(Nc2nc3ccccc3o2)CC1. The van der Waals surface area contributed by atoms with Crippen LogP contribution in [0.3, 0.4) is 0 Å². The number of aromatic nitrogens is 1. The van der Waals surface area contributed by atoms with Gasteiger partial charge >= 0.3 is 0 Å². The minimum Gasteiger partial charge on any atom is -0.424 e. The van der Waals surface area contributed by atoms with Gasteiger partial charge in [-0.1, -0.05) is 19.1 Å². The van der Waals surface area contributed by atoms with E-state index in [1.54, 1.807) is 0 Å². The summed E-state index contributed by atoms with van der Waals surface area (Å²) >= 11 is 0.856. The molecule has 3 rings (SSSR count). The molecular formula is C16H25N3O2S. The molecule has 0 bridgehead atoms. The van der Waals surface area contributed by atoms with Gasteiger partial charge in [-0.05, 0) is 62.3 Å². The predicted molar refractivity (Wildman–Crippen MR) is 93.2 cm³/mol. The maximum absolute atomic E-state index is 7.79. The van der Waals surface area contributed by atoms with E-state index < -0.39 is 0 Å². The Kier molecular flexibility index (Phi) is 7.02. The third-order valence-corrected chi connectivity index (χ3v) is 4.19. The van der Waals surface area contributed by atoms with Gasteiger partial charge in [-0.2, -0.15) is 4.98 Å². The minimum absolute atomic E-state index is 0.473. The zero-order valence-corrected chi connectivity index (χ0v) is 13.8. The minimum atomic E-state index is 0.473. The highest BCUT2D eigenvalue weighted by molar-refractivity contribution is 7.93. The number of hydrogen-bond acceptors (Lipinski definition) is 6. The molecule has 1 heterocycles. The highest BCUT2D eigenvalue weighted by Gasteiger charge is 2.21. The van der Waals surface area contributed by atoms with Crippen LogP contribution in [0.25, 0.3) is 11.1 Å². The van der Waals surface area contributed by atoms with Crippen LogP contribution in [-0.2, 0) is 0 Å². The second-order valence-corrected chi connectivity index (χ2v) is 6.34. The van der Waals surface area contributed by atoms with Crippen LogP contribution < -0.4 is 11.1 Å². The number of benzene rings is 1. The number of fused-ring (bicyclic) bond motifs is 1. The van der Waals surface area contributed by atoms with Gasteiger partial charge in [-0.25, -0.2) is 0 Å². The topological polar surface area (TPSA) is 84.3 Å². The molecule has 6 heteroatoms. The van der Waals surface area contributed by atoms with Gasteiger partial charge < -0.3 is 20.0 Å². The average molecular weight is 323 g/mol. The number of oxazole rings is 1. The molecule has 2 aromatic rings. The van der Waals surface area contributed by atoms with Crippen molar-refractivity contribution >= 4 is 29.2 Å². The molecule has 1 saturated carbocycles. The summed E-state index contributed by atoms with van der Waals surface area (Å²) in [4.78, 5) is 4.44. The zero-order chi connectivity index (χ0) is 15.8. The lowest BCUT2D eigenvalue weighted by atomic mass is 9.86. The van der Waals surface area contributed by atoms with Gasteiger partial charge in [-0.3, -0.25) is 0 Å². The van der Waals surface area contributed by atoms with Gasteiger partial charge in [0.05, 0.1) is 0 Å². The van der Waals surface area contributed by atoms with Crippen LogP contribution in [0.5, 0.6) is 0 Å². The van der Waals surface area contributed by atoms with Crippen LogP contribution in [0, 0.1) is 5.92 Å². The zero-order valence-electron chi connectivity index (χ0n) is 13.0. The first-order valence-corrected chi connectivity index (χ1v) is 8.79. The third-order valence-electron chi connectivity index (χ3n) is 3.93. The molecule has 1 fully saturated rings. The number of para-hydroxylation sites is 2. The molecule has 1 aliphatic carbocycles. The lowest BCUT2D eigenvalue weighted by Crippen LogP contribution is -2.29. The van der Waals surface area contributed by atoms with Crippen LogP contribution in [0.2, 0.25) is 0 Å². The Bertz CT molecular complexity index is 518. The lowest BCUT2D eigenvalue weighted by Gasteiger charge is -2.27. The number of anilines is 1. The fourth-order valence-electron chi connectivity index (χ4n) is 2.65. The molecule has 5 nitrogen and oxygen atoms in total. The van der Waals surface area contributed by atoms with Gasteiger partial charge in [-0.15, -0.1) is 0 Å². The average Bonchev–Trinajstić information content (AvgIpc) is 2.98. The van der Waals surface area contributed by atoms with E-state index in [0.29, 0.717) is 18.0 Å². The second kappa shape index (κ2) is 9.02. The Morgan fingerprint density at radius 3 is 2.59 bits per heavy atom. The number of hydrogen-bond donors (Lipinski definition) is 3. The first-order valence-electron chi connectivity index (χ1n) is 7.85. The molecule has 0 saturated heterocycles. The highest BCUT2D eigenvalue weighted by Crippen LogP contribution is 2.26. The van der Waals surface area contributed by atoms with Crippen molar-refractivity contribution in [1.82, 2.24) is 4.98 Å². The largest absolute Gasteiger partial charge is 0.424 e. The first-order chi connectivity index (χ1) is 10.8. The molecule has 22 heavy (non-hydrogen) atoms. The summed E-state index contributed by atoms with van der Waals surface area (Å²) in [6.07, 6.45) is 4.71. The van der Waals surface area contributed by atoms with Crippen molar-refractivity contribution in [1.29, 1.82) is 0 Å². The van der Waals surface area contributed by atoms with Crippen molar-refractivity contribution in [3.63, 3.8) is 0 Å². The molecule has 0 unspecified atom stereocenters. The molecule has 0 amide bonds. The van der Waals surface area contributed by atoms with E-state index in [1.165, 1.54) is 12.8 Å².